The summed E-state index contributed by atoms with van der Waals surface area (Å²) in [4.78, 5) is 8.33. The Labute approximate surface area is 41.4 Å². The van der Waals surface area contributed by atoms with Crippen molar-refractivity contribution in [3.63, 3.8) is 0 Å². The van der Waals surface area contributed by atoms with Gasteiger partial charge in [-0.1, -0.05) is 0 Å². The molecule has 31 valence electrons. The molecule has 0 saturated carbocycles. The van der Waals surface area contributed by atoms with Crippen molar-refractivity contribution in [1.82, 2.24) is 0 Å². The first-order valence-electron chi connectivity index (χ1n) is 0.612. The second-order valence-electron chi connectivity index (χ2n) is 0.250. The molecule has 0 unspecified atom stereocenters. The van der Waals surface area contributed by atoms with Gasteiger partial charge in [0.25, 0.3) is 0 Å². The average Bonchev–Trinajstić information content (AvgIpc) is 0.811. The zero-order valence-electron chi connectivity index (χ0n) is 2.06. The topological polar surface area (TPSA) is 63.2 Å². The monoisotopic (exact) mass is 163 g/mol. The van der Waals surface area contributed by atoms with Crippen LogP contribution in [-0.4, -0.2) is 6.16 Å². The Morgan fingerprint density at radius 2 is 1.40 bits per heavy atom. The molecular weight excluding hydrogens is 163 g/mol. The van der Waals surface area contributed by atoms with Crippen molar-refractivity contribution in [2.45, 2.75) is 0 Å². The van der Waals surface area contributed by atoms with E-state index < -0.39 is 6.16 Å². The van der Waals surface area contributed by atoms with Gasteiger partial charge in [-0.15, -0.1) is 0 Å². The Morgan fingerprint density at radius 1 is 1.40 bits per heavy atom. The van der Waals surface area contributed by atoms with Gasteiger partial charge in [0, 0.05) is 0 Å². The van der Waals surface area contributed by atoms with Crippen molar-refractivity contribution >= 4 is 6.16 Å². The van der Waals surface area contributed by atoms with Crippen LogP contribution in [0.15, 0.2) is 0 Å². The zero-order chi connectivity index (χ0) is 3.58. The fourth-order valence-corrected chi connectivity index (χ4v) is 0. The van der Waals surface area contributed by atoms with Gasteiger partial charge in [0.1, 0.15) is 0 Å². The van der Waals surface area contributed by atoms with Crippen LogP contribution < -0.4 is 10.2 Å². The second-order valence-corrected chi connectivity index (χ2v) is 0.250. The number of carboxylic acid groups (broad SMARTS) is 2. The summed E-state index contributed by atoms with van der Waals surface area (Å²) in [6.45, 7) is 0. The molecule has 0 aliphatic heterocycles. The molecule has 0 heterocycles. The summed E-state index contributed by atoms with van der Waals surface area (Å²) in [5, 5.41) is 16.7. The van der Waals surface area contributed by atoms with Crippen LogP contribution in [0, 0.1) is 0 Å². The van der Waals surface area contributed by atoms with Crippen molar-refractivity contribution in [1.29, 1.82) is 0 Å². The molecule has 0 bridgehead atoms. The summed E-state index contributed by atoms with van der Waals surface area (Å²) < 4.78 is 0. The molecule has 4 heteroatoms. The summed E-state index contributed by atoms with van der Waals surface area (Å²) in [7, 11) is 0. The second kappa shape index (κ2) is 3.89. The minimum atomic E-state index is -2.33. The summed E-state index contributed by atoms with van der Waals surface area (Å²) in [5.74, 6) is 0. The normalized spacial score (nSPS) is 4.80. The molecule has 0 aliphatic carbocycles. The molecule has 0 amide bonds. The summed E-state index contributed by atoms with van der Waals surface area (Å²) in [5.41, 5.74) is 0. The first kappa shape index (κ1) is 8.86. The van der Waals surface area contributed by atoms with Gasteiger partial charge >= 0.3 is 19.5 Å². The van der Waals surface area contributed by atoms with E-state index in [1.54, 1.807) is 0 Å². The van der Waals surface area contributed by atoms with Gasteiger partial charge in [0.15, 0.2) is 0 Å². The predicted molar refractivity (Wildman–Crippen MR) is 5.40 cm³/mol. The van der Waals surface area contributed by atoms with Crippen LogP contribution in [0.2, 0.25) is 0 Å². The van der Waals surface area contributed by atoms with E-state index in [9.17, 15) is 0 Å². The minimum Gasteiger partial charge on any atom is -0.652 e. The molecule has 1 radical (unpaired) electrons. The van der Waals surface area contributed by atoms with Gasteiger partial charge in [-0.2, -0.15) is 0 Å². The Hall–Kier alpha value is -0.107. The van der Waals surface area contributed by atoms with Crippen molar-refractivity contribution in [3.8, 4) is 0 Å². The van der Waals surface area contributed by atoms with Crippen molar-refractivity contribution in [2.24, 2.45) is 0 Å². The molecule has 0 saturated heterocycles. The fourth-order valence-electron chi connectivity index (χ4n) is 0. The third-order valence-electron chi connectivity index (χ3n) is 0. The van der Waals surface area contributed by atoms with Crippen LogP contribution >= 0.6 is 0 Å². The van der Waals surface area contributed by atoms with Gasteiger partial charge in [0.2, 0.25) is 0 Å². The summed E-state index contributed by atoms with van der Waals surface area (Å²) in [6, 6.07) is 0. The van der Waals surface area contributed by atoms with Crippen molar-refractivity contribution in [3.05, 3.63) is 0 Å². The first-order chi connectivity index (χ1) is 1.73. The van der Waals surface area contributed by atoms with Gasteiger partial charge in [0.05, 0.1) is 0 Å². The van der Waals surface area contributed by atoms with E-state index in [1.165, 1.54) is 0 Å². The van der Waals surface area contributed by atoms with E-state index in [-0.39, 0.29) is 19.5 Å². The van der Waals surface area contributed by atoms with Gasteiger partial charge in [-0.05, 0) is 6.16 Å². The molecule has 0 atom stereocenters. The van der Waals surface area contributed by atoms with Crippen LogP contribution in [0.4, 0.5) is 4.79 Å². The van der Waals surface area contributed by atoms with E-state index in [4.69, 9.17) is 15.0 Å². The van der Waals surface area contributed by atoms with Crippen LogP contribution in [-0.2, 0) is 19.5 Å². The molecule has 0 spiro atoms. The van der Waals surface area contributed by atoms with E-state index in [1.807, 2.05) is 0 Å². The molecule has 0 aromatic heterocycles. The standard InChI is InChI=1S/CH2O3.Rh/c2-1(3)4;/h(H2,2,3,4);/q;+2/p-2. The number of carbonyl (C=O) groups is 1. The Balaban J connectivity index is 0. The first-order valence-corrected chi connectivity index (χ1v) is 0.612. The predicted octanol–water partition coefficient (Wildman–Crippen LogP) is -2.45. The van der Waals surface area contributed by atoms with Gasteiger partial charge in [-0.25, -0.2) is 0 Å². The molecule has 0 fully saturated rings. The van der Waals surface area contributed by atoms with Crippen LogP contribution in [0.25, 0.3) is 0 Å². The van der Waals surface area contributed by atoms with E-state index in [0.717, 1.165) is 0 Å². The molecule has 5 heavy (non-hydrogen) atoms. The Bertz CT molecular complexity index is 29.9. The zero-order valence-corrected chi connectivity index (χ0v) is 3.70. The third-order valence-corrected chi connectivity index (χ3v) is 0. The maximum Gasteiger partial charge on any atom is 2.00 e. The molecule has 3 nitrogen and oxygen atoms in total. The number of hydrogen-bond donors (Lipinski definition) is 0. The average molecular weight is 163 g/mol. The Kier molecular flexibility index (Phi) is 6.90. The SMILES string of the molecule is O=C([O-])[O-].[Rh+2]. The van der Waals surface area contributed by atoms with E-state index in [0.29, 0.717) is 0 Å². The quantitative estimate of drug-likeness (QED) is 0.372. The van der Waals surface area contributed by atoms with Crippen LogP contribution in [0.5, 0.6) is 0 Å². The molecule has 0 aromatic carbocycles. The Morgan fingerprint density at radius 3 is 1.40 bits per heavy atom. The van der Waals surface area contributed by atoms with Crippen LogP contribution in [0.3, 0.4) is 0 Å². The van der Waals surface area contributed by atoms with E-state index >= 15 is 0 Å². The largest absolute Gasteiger partial charge is 2.00 e. The van der Waals surface area contributed by atoms with Gasteiger partial charge < -0.3 is 15.0 Å². The molecule has 0 aliphatic rings. The molecule has 0 aromatic rings. The maximum atomic E-state index is 8.33. The maximum absolute atomic E-state index is 8.33. The number of carbonyl (C=O) groups excluding carboxylic acids is 1. The summed E-state index contributed by atoms with van der Waals surface area (Å²) >= 11 is 0. The minimum absolute atomic E-state index is 0. The van der Waals surface area contributed by atoms with Gasteiger partial charge in [-0.3, -0.25) is 0 Å². The van der Waals surface area contributed by atoms with Crippen molar-refractivity contribution in [2.75, 3.05) is 0 Å². The third kappa shape index (κ3) is 1230. The molecule has 0 rings (SSSR count). The number of rotatable bonds is 0. The van der Waals surface area contributed by atoms with Crippen LogP contribution in [0.1, 0.15) is 0 Å². The molecule has 0 N–H and O–H groups in total. The van der Waals surface area contributed by atoms with Crippen molar-refractivity contribution < 1.29 is 34.5 Å². The van der Waals surface area contributed by atoms with E-state index in [2.05, 4.69) is 0 Å². The molecular formula is CO3Rh. The summed E-state index contributed by atoms with van der Waals surface area (Å²) in [6.07, 6.45) is -2.33. The number of hydrogen-bond acceptors (Lipinski definition) is 3. The fraction of sp³-hybridized carbons (Fsp3) is 0. The smallest absolute Gasteiger partial charge is 0.652 e.